The van der Waals surface area contributed by atoms with Crippen molar-refractivity contribution in [1.82, 2.24) is 4.98 Å². The minimum absolute atomic E-state index is 0.0383. The second-order valence-electron chi connectivity index (χ2n) is 8.13. The average Bonchev–Trinajstić information content (AvgIpc) is 2.88. The Hall–Kier alpha value is -3.09. The number of rotatable bonds is 14. The molecular weight excluding hydrogens is 527 g/mol. The maximum absolute atomic E-state index is 12.7. The fourth-order valence-corrected chi connectivity index (χ4v) is 3.78. The van der Waals surface area contributed by atoms with Crippen molar-refractivity contribution in [3.05, 3.63) is 53.0 Å². The van der Waals surface area contributed by atoms with Crippen LogP contribution in [0, 0.1) is 5.92 Å². The molecule has 2 aromatic heterocycles. The molecule has 0 amide bonds. The van der Waals surface area contributed by atoms with E-state index >= 15 is 0 Å². The highest BCUT2D eigenvalue weighted by atomic mass is 32.2. The van der Waals surface area contributed by atoms with Crippen LogP contribution in [0.5, 0.6) is 5.88 Å². The first-order valence-electron chi connectivity index (χ1n) is 11.9. The molecule has 0 radical (unpaired) electrons. The van der Waals surface area contributed by atoms with Crippen molar-refractivity contribution in [1.29, 1.82) is 0 Å². The molecule has 0 bridgehead atoms. The van der Waals surface area contributed by atoms with E-state index in [1.54, 1.807) is 6.07 Å². The number of carbonyl (C=O) groups is 1. The summed E-state index contributed by atoms with van der Waals surface area (Å²) in [5, 5.41) is 0.502. The van der Waals surface area contributed by atoms with Gasteiger partial charge in [-0.3, -0.25) is 4.79 Å². The molecule has 0 saturated carbocycles. The van der Waals surface area contributed by atoms with Crippen LogP contribution in [0.3, 0.4) is 0 Å². The van der Waals surface area contributed by atoms with Gasteiger partial charge in [0.25, 0.3) is 0 Å². The third kappa shape index (κ3) is 9.34. The number of pyridine rings is 1. The third-order valence-corrected chi connectivity index (χ3v) is 6.03. The topological polar surface area (TPSA) is 97.1 Å². The van der Waals surface area contributed by atoms with E-state index in [1.165, 1.54) is 36.5 Å². The number of nitrogens with zero attached hydrogens (tertiary/aromatic N) is 1. The molecule has 12 heteroatoms. The molecule has 1 aromatic carbocycles. The number of halogens is 3. The van der Waals surface area contributed by atoms with Gasteiger partial charge in [-0.05, 0) is 41.9 Å². The van der Waals surface area contributed by atoms with Crippen molar-refractivity contribution in [2.24, 2.45) is 5.92 Å². The zero-order chi connectivity index (χ0) is 27.5. The Morgan fingerprint density at radius 1 is 1.05 bits per heavy atom. The van der Waals surface area contributed by atoms with Crippen molar-refractivity contribution in [3.8, 4) is 17.0 Å². The van der Waals surface area contributed by atoms with E-state index < -0.39 is 11.1 Å². The summed E-state index contributed by atoms with van der Waals surface area (Å²) in [5.74, 6) is -0.0972. The standard InChI is InChI=1S/C26H28F3NO7S/c1-3-17(2)24(31)36-12-10-34-8-7-33-9-11-35-23-15-19-14-21(25(32)37-22(19)16-30-23)18-5-4-6-20(13-18)38-26(27,28)29/h4-6,13-17H,3,7-12H2,1-2H3. The van der Waals surface area contributed by atoms with E-state index in [2.05, 4.69) is 4.98 Å². The molecule has 0 fully saturated rings. The summed E-state index contributed by atoms with van der Waals surface area (Å²) >= 11 is -0.257. The summed E-state index contributed by atoms with van der Waals surface area (Å²) in [4.78, 5) is 28.0. The van der Waals surface area contributed by atoms with Crippen molar-refractivity contribution < 1.29 is 41.3 Å². The van der Waals surface area contributed by atoms with Crippen molar-refractivity contribution in [3.63, 3.8) is 0 Å². The summed E-state index contributed by atoms with van der Waals surface area (Å²) in [6.45, 7) is 5.34. The second-order valence-corrected chi connectivity index (χ2v) is 9.27. The van der Waals surface area contributed by atoms with Gasteiger partial charge in [0.1, 0.15) is 13.2 Å². The highest BCUT2D eigenvalue weighted by Crippen LogP contribution is 2.38. The monoisotopic (exact) mass is 555 g/mol. The Labute approximate surface area is 221 Å². The van der Waals surface area contributed by atoms with Crippen LogP contribution >= 0.6 is 11.8 Å². The molecule has 1 atom stereocenters. The van der Waals surface area contributed by atoms with Crippen LogP contribution in [-0.2, 0) is 19.0 Å². The lowest BCUT2D eigenvalue weighted by Gasteiger charge is -2.10. The van der Waals surface area contributed by atoms with Crippen molar-refractivity contribution >= 4 is 28.7 Å². The molecule has 38 heavy (non-hydrogen) atoms. The van der Waals surface area contributed by atoms with Gasteiger partial charge in [-0.15, -0.1) is 0 Å². The Kier molecular flexibility index (Phi) is 11.0. The van der Waals surface area contributed by atoms with Gasteiger partial charge in [0.15, 0.2) is 5.58 Å². The maximum Gasteiger partial charge on any atom is 0.446 e. The van der Waals surface area contributed by atoms with Crippen molar-refractivity contribution in [2.45, 2.75) is 30.7 Å². The summed E-state index contributed by atoms with van der Waals surface area (Å²) in [6.07, 6.45) is 2.07. The molecule has 8 nitrogen and oxygen atoms in total. The Morgan fingerprint density at radius 3 is 2.47 bits per heavy atom. The van der Waals surface area contributed by atoms with Gasteiger partial charge >= 0.3 is 17.1 Å². The van der Waals surface area contributed by atoms with Crippen LogP contribution in [0.25, 0.3) is 22.1 Å². The van der Waals surface area contributed by atoms with E-state index in [4.69, 9.17) is 23.4 Å². The molecule has 0 aliphatic heterocycles. The van der Waals surface area contributed by atoms with Gasteiger partial charge < -0.3 is 23.4 Å². The second kappa shape index (κ2) is 14.2. The third-order valence-electron chi connectivity index (χ3n) is 5.31. The van der Waals surface area contributed by atoms with E-state index in [9.17, 15) is 22.8 Å². The molecule has 2 heterocycles. The first kappa shape index (κ1) is 29.5. The molecule has 206 valence electrons. The Balaban J connectivity index is 1.47. The quantitative estimate of drug-likeness (QED) is 0.146. The summed E-state index contributed by atoms with van der Waals surface area (Å²) in [5.41, 5.74) is -4.48. The smallest absolute Gasteiger partial charge is 0.446 e. The largest absolute Gasteiger partial charge is 0.475 e. The SMILES string of the molecule is CCC(C)C(=O)OCCOCCOCCOc1cc2cc(-c3cccc(SC(F)(F)F)c3)c(=O)oc2cn1. The predicted molar refractivity (Wildman–Crippen MR) is 135 cm³/mol. The zero-order valence-corrected chi connectivity index (χ0v) is 21.7. The molecule has 3 aromatic rings. The number of thioether (sulfide) groups is 1. The molecule has 0 saturated heterocycles. The fraction of sp³-hybridized carbons (Fsp3) is 0.423. The molecule has 0 N–H and O–H groups in total. The lowest BCUT2D eigenvalue weighted by molar-refractivity contribution is -0.149. The number of hydrogen-bond acceptors (Lipinski definition) is 9. The number of benzene rings is 1. The highest BCUT2D eigenvalue weighted by Gasteiger charge is 2.29. The number of fused-ring (bicyclic) bond motifs is 1. The number of ether oxygens (including phenoxy) is 4. The maximum atomic E-state index is 12.7. The number of esters is 1. The number of alkyl halides is 3. The zero-order valence-electron chi connectivity index (χ0n) is 20.9. The fourth-order valence-electron chi connectivity index (χ4n) is 3.18. The Bertz CT molecular complexity index is 1270. The Morgan fingerprint density at radius 2 is 1.76 bits per heavy atom. The summed E-state index contributed by atoms with van der Waals surface area (Å²) in [7, 11) is 0. The van der Waals surface area contributed by atoms with Crippen LogP contribution < -0.4 is 10.4 Å². The molecule has 0 aliphatic rings. The van der Waals surface area contributed by atoms with E-state index in [1.807, 2.05) is 13.8 Å². The van der Waals surface area contributed by atoms with Crippen LogP contribution in [0.1, 0.15) is 20.3 Å². The van der Waals surface area contributed by atoms with Crippen LogP contribution in [-0.4, -0.2) is 56.1 Å². The van der Waals surface area contributed by atoms with E-state index in [0.717, 1.165) is 6.42 Å². The van der Waals surface area contributed by atoms with Gasteiger partial charge in [-0.25, -0.2) is 9.78 Å². The van der Waals surface area contributed by atoms with Crippen LogP contribution in [0.2, 0.25) is 0 Å². The van der Waals surface area contributed by atoms with E-state index in [0.29, 0.717) is 24.2 Å². The minimum atomic E-state index is -4.44. The van der Waals surface area contributed by atoms with Crippen LogP contribution in [0.4, 0.5) is 13.2 Å². The lowest BCUT2D eigenvalue weighted by Crippen LogP contribution is -2.18. The van der Waals surface area contributed by atoms with Crippen LogP contribution in [0.15, 0.2) is 56.7 Å². The minimum Gasteiger partial charge on any atom is -0.475 e. The molecule has 3 rings (SSSR count). The number of aromatic nitrogens is 1. The van der Waals surface area contributed by atoms with Crippen molar-refractivity contribution in [2.75, 3.05) is 39.6 Å². The van der Waals surface area contributed by atoms with Gasteiger partial charge in [0.05, 0.1) is 44.1 Å². The predicted octanol–water partition coefficient (Wildman–Crippen LogP) is 5.47. The number of carbonyl (C=O) groups excluding carboxylic acids is 1. The lowest BCUT2D eigenvalue weighted by atomic mass is 10.1. The molecular formula is C26H28F3NO7S. The molecule has 0 spiro atoms. The summed E-state index contributed by atoms with van der Waals surface area (Å²) in [6, 6.07) is 8.69. The molecule has 0 aliphatic carbocycles. The first-order valence-corrected chi connectivity index (χ1v) is 12.7. The average molecular weight is 556 g/mol. The van der Waals surface area contributed by atoms with Gasteiger partial charge in [-0.1, -0.05) is 26.0 Å². The van der Waals surface area contributed by atoms with Gasteiger partial charge in [0.2, 0.25) is 5.88 Å². The normalized spacial score (nSPS) is 12.4. The summed E-state index contributed by atoms with van der Waals surface area (Å²) < 4.78 is 64.9. The highest BCUT2D eigenvalue weighted by molar-refractivity contribution is 8.00. The first-order chi connectivity index (χ1) is 18.2. The van der Waals surface area contributed by atoms with E-state index in [-0.39, 0.29) is 72.0 Å². The number of hydrogen-bond donors (Lipinski definition) is 0. The van der Waals surface area contributed by atoms with Gasteiger partial charge in [0, 0.05) is 16.3 Å². The van der Waals surface area contributed by atoms with Gasteiger partial charge in [-0.2, -0.15) is 13.2 Å². The molecule has 1 unspecified atom stereocenters.